The summed E-state index contributed by atoms with van der Waals surface area (Å²) in [4.78, 5) is 30.6. The summed E-state index contributed by atoms with van der Waals surface area (Å²) < 4.78 is 7.60. The van der Waals surface area contributed by atoms with Crippen molar-refractivity contribution in [3.63, 3.8) is 0 Å². The van der Waals surface area contributed by atoms with Gasteiger partial charge in [0.25, 0.3) is 5.56 Å². The van der Waals surface area contributed by atoms with Crippen molar-refractivity contribution < 1.29 is 9.66 Å². The number of nitro groups is 1. The lowest BCUT2D eigenvalue weighted by Gasteiger charge is -2.30. The first-order valence-electron chi connectivity index (χ1n) is 12.2. The summed E-state index contributed by atoms with van der Waals surface area (Å²) >= 11 is 7.47. The maximum absolute atomic E-state index is 13.9. The Labute approximate surface area is 226 Å². The van der Waals surface area contributed by atoms with Crippen LogP contribution in [0.2, 0.25) is 5.02 Å². The number of thiazole rings is 1. The van der Waals surface area contributed by atoms with Gasteiger partial charge in [0.15, 0.2) is 10.6 Å². The monoisotopic (exact) mass is 543 g/mol. The number of hydrogen-bond acceptors (Lipinski definition) is 6. The van der Waals surface area contributed by atoms with Crippen LogP contribution in [-0.2, 0) is 6.42 Å². The Hall–Kier alpha value is -4.01. The number of nitrogens with zero attached hydrogens (tertiary/aromatic N) is 3. The van der Waals surface area contributed by atoms with E-state index in [1.54, 1.807) is 29.7 Å². The number of ether oxygens (including phenoxy) is 1. The van der Waals surface area contributed by atoms with Crippen molar-refractivity contribution in [2.24, 2.45) is 4.99 Å². The van der Waals surface area contributed by atoms with E-state index in [1.807, 2.05) is 36.4 Å². The number of nitro benzene ring substituents is 1. The molecule has 0 saturated carbocycles. The molecule has 1 aliphatic heterocycles. The van der Waals surface area contributed by atoms with Crippen molar-refractivity contribution in [3.05, 3.63) is 129 Å². The highest BCUT2D eigenvalue weighted by molar-refractivity contribution is 7.07. The van der Waals surface area contributed by atoms with Gasteiger partial charge < -0.3 is 4.74 Å². The topological polar surface area (TPSA) is 86.7 Å². The molecule has 0 bridgehead atoms. The van der Waals surface area contributed by atoms with Crippen LogP contribution in [0.15, 0.2) is 82.1 Å². The van der Waals surface area contributed by atoms with Crippen LogP contribution in [0.5, 0.6) is 5.75 Å². The molecule has 2 aliphatic rings. The number of hydrogen-bond donors (Lipinski definition) is 0. The van der Waals surface area contributed by atoms with Gasteiger partial charge in [0.1, 0.15) is 0 Å². The SMILES string of the molecule is CCOc1ccc(C=c2sc3n(c2=O)C(c2ccc(Cl)cc2)C2=C(N=3)c3ccccc3CC2)cc1[N+](=O)[O-]. The predicted octanol–water partition coefficient (Wildman–Crippen LogP) is 5.28. The second-order valence-corrected chi connectivity index (χ2v) is 10.5. The number of allylic oxidation sites excluding steroid dienone is 1. The van der Waals surface area contributed by atoms with Crippen LogP contribution in [0, 0.1) is 10.1 Å². The first-order valence-corrected chi connectivity index (χ1v) is 13.4. The molecule has 2 heterocycles. The fourth-order valence-electron chi connectivity index (χ4n) is 5.16. The predicted molar refractivity (Wildman–Crippen MR) is 148 cm³/mol. The van der Waals surface area contributed by atoms with Crippen LogP contribution in [0.1, 0.15) is 41.6 Å². The zero-order chi connectivity index (χ0) is 26.4. The van der Waals surface area contributed by atoms with Crippen LogP contribution < -0.4 is 19.6 Å². The van der Waals surface area contributed by atoms with E-state index < -0.39 is 4.92 Å². The molecule has 6 rings (SSSR count). The third kappa shape index (κ3) is 4.15. The molecule has 38 heavy (non-hydrogen) atoms. The highest BCUT2D eigenvalue weighted by atomic mass is 35.5. The third-order valence-electron chi connectivity index (χ3n) is 6.84. The molecule has 1 aliphatic carbocycles. The largest absolute Gasteiger partial charge is 0.487 e. The standard InChI is InChI=1S/C29H22ClN3O4S/c1-2-37-24-14-7-17(15-23(24)33(35)36)16-25-28(34)32-27(19-8-11-20(30)12-9-19)22-13-10-18-5-3-4-6-21(18)26(22)31-29(32)38-25/h3-9,11-12,14-16,27H,2,10,13H2,1H3. The molecule has 0 spiro atoms. The fourth-order valence-corrected chi connectivity index (χ4v) is 6.29. The number of halogens is 1. The Bertz CT molecular complexity index is 1800. The molecular formula is C29H22ClN3O4S. The summed E-state index contributed by atoms with van der Waals surface area (Å²) in [5.74, 6) is 0.199. The van der Waals surface area contributed by atoms with E-state index in [4.69, 9.17) is 21.3 Å². The van der Waals surface area contributed by atoms with E-state index in [2.05, 4.69) is 12.1 Å². The minimum Gasteiger partial charge on any atom is -0.487 e. The normalized spacial score (nSPS) is 16.4. The van der Waals surface area contributed by atoms with E-state index >= 15 is 0 Å². The molecule has 0 radical (unpaired) electrons. The zero-order valence-electron chi connectivity index (χ0n) is 20.4. The van der Waals surface area contributed by atoms with Crippen molar-refractivity contribution in [2.75, 3.05) is 6.61 Å². The second kappa shape index (κ2) is 9.70. The van der Waals surface area contributed by atoms with E-state index in [1.165, 1.54) is 23.0 Å². The summed E-state index contributed by atoms with van der Waals surface area (Å²) in [6.45, 7) is 2.09. The average Bonchev–Trinajstić information content (AvgIpc) is 3.23. The summed E-state index contributed by atoms with van der Waals surface area (Å²) in [6, 6.07) is 20.2. The third-order valence-corrected chi connectivity index (χ3v) is 8.07. The average molecular weight is 544 g/mol. The van der Waals surface area contributed by atoms with Crippen LogP contribution in [-0.4, -0.2) is 16.1 Å². The first kappa shape index (κ1) is 24.3. The second-order valence-electron chi connectivity index (χ2n) is 9.08. The molecular weight excluding hydrogens is 522 g/mol. The van der Waals surface area contributed by atoms with Gasteiger partial charge in [-0.1, -0.05) is 65.4 Å². The Morgan fingerprint density at radius 1 is 1.16 bits per heavy atom. The molecule has 0 saturated heterocycles. The van der Waals surface area contributed by atoms with Gasteiger partial charge in [-0.25, -0.2) is 4.99 Å². The molecule has 9 heteroatoms. The Kier molecular flexibility index (Phi) is 6.21. The van der Waals surface area contributed by atoms with Gasteiger partial charge in [0, 0.05) is 16.7 Å². The highest BCUT2D eigenvalue weighted by Gasteiger charge is 2.32. The van der Waals surface area contributed by atoms with Crippen LogP contribution in [0.25, 0.3) is 11.8 Å². The van der Waals surface area contributed by atoms with Gasteiger partial charge in [0.05, 0.1) is 27.8 Å². The number of aromatic nitrogens is 1. The smallest absolute Gasteiger partial charge is 0.311 e. The maximum Gasteiger partial charge on any atom is 0.311 e. The van der Waals surface area contributed by atoms with Crippen LogP contribution in [0.4, 0.5) is 5.69 Å². The number of benzene rings is 3. The van der Waals surface area contributed by atoms with Crippen molar-refractivity contribution in [1.82, 2.24) is 4.57 Å². The van der Waals surface area contributed by atoms with Crippen molar-refractivity contribution in [1.29, 1.82) is 0 Å². The molecule has 1 aromatic heterocycles. The quantitative estimate of drug-likeness (QED) is 0.253. The van der Waals surface area contributed by atoms with Gasteiger partial charge >= 0.3 is 5.69 Å². The Balaban J connectivity index is 1.56. The Morgan fingerprint density at radius 3 is 2.71 bits per heavy atom. The summed E-state index contributed by atoms with van der Waals surface area (Å²) in [5, 5.41) is 12.2. The molecule has 190 valence electrons. The minimum atomic E-state index is -0.476. The number of aryl methyl sites for hydroxylation is 1. The van der Waals surface area contributed by atoms with Crippen molar-refractivity contribution >= 4 is 40.4 Å². The molecule has 0 fully saturated rings. The zero-order valence-corrected chi connectivity index (χ0v) is 22.0. The van der Waals surface area contributed by atoms with Gasteiger partial charge in [0.2, 0.25) is 0 Å². The number of rotatable bonds is 5. The highest BCUT2D eigenvalue weighted by Crippen LogP contribution is 2.41. The molecule has 0 N–H and O–H groups in total. The molecule has 0 amide bonds. The Morgan fingerprint density at radius 2 is 1.95 bits per heavy atom. The lowest BCUT2D eigenvalue weighted by Crippen LogP contribution is -2.38. The van der Waals surface area contributed by atoms with E-state index in [0.717, 1.165) is 35.2 Å². The van der Waals surface area contributed by atoms with E-state index in [9.17, 15) is 14.9 Å². The molecule has 1 atom stereocenters. The fraction of sp³-hybridized carbons (Fsp3) is 0.172. The molecule has 1 unspecified atom stereocenters. The molecule has 3 aromatic carbocycles. The van der Waals surface area contributed by atoms with Gasteiger partial charge in [-0.15, -0.1) is 0 Å². The van der Waals surface area contributed by atoms with Gasteiger partial charge in [-0.3, -0.25) is 19.5 Å². The van der Waals surface area contributed by atoms with Gasteiger partial charge in [-0.05, 0) is 66.3 Å². The first-order chi connectivity index (χ1) is 18.4. The summed E-state index contributed by atoms with van der Waals surface area (Å²) in [7, 11) is 0. The number of fused-ring (bicyclic) bond motifs is 3. The van der Waals surface area contributed by atoms with Crippen LogP contribution >= 0.6 is 22.9 Å². The van der Waals surface area contributed by atoms with E-state index in [0.29, 0.717) is 26.5 Å². The lowest BCUT2D eigenvalue weighted by molar-refractivity contribution is -0.385. The summed E-state index contributed by atoms with van der Waals surface area (Å²) in [5.41, 5.74) is 5.52. The molecule has 4 aromatic rings. The summed E-state index contributed by atoms with van der Waals surface area (Å²) in [6.07, 6.45) is 3.34. The van der Waals surface area contributed by atoms with E-state index in [-0.39, 0.29) is 23.0 Å². The van der Waals surface area contributed by atoms with Gasteiger partial charge in [-0.2, -0.15) is 0 Å². The maximum atomic E-state index is 13.9. The van der Waals surface area contributed by atoms with Crippen LogP contribution in [0.3, 0.4) is 0 Å². The lowest BCUT2D eigenvalue weighted by atomic mass is 9.83. The molecule has 7 nitrogen and oxygen atoms in total. The minimum absolute atomic E-state index is 0.139. The van der Waals surface area contributed by atoms with Crippen molar-refractivity contribution in [3.8, 4) is 5.75 Å². The van der Waals surface area contributed by atoms with Crippen molar-refractivity contribution in [2.45, 2.75) is 25.8 Å².